The van der Waals surface area contributed by atoms with Gasteiger partial charge in [-0.3, -0.25) is 9.89 Å². The molecular formula is C10H12N4O3. The van der Waals surface area contributed by atoms with Crippen LogP contribution in [0.5, 0.6) is 0 Å². The van der Waals surface area contributed by atoms with E-state index in [1.165, 1.54) is 0 Å². The van der Waals surface area contributed by atoms with Gasteiger partial charge in [-0.05, 0) is 18.9 Å². The second-order valence-electron chi connectivity index (χ2n) is 3.57. The predicted octanol–water partition coefficient (Wildman–Crippen LogP) is 1.26. The van der Waals surface area contributed by atoms with E-state index in [0.717, 1.165) is 6.42 Å². The first kappa shape index (κ1) is 11.3. The van der Waals surface area contributed by atoms with E-state index in [2.05, 4.69) is 20.4 Å². The molecule has 0 spiro atoms. The summed E-state index contributed by atoms with van der Waals surface area (Å²) in [7, 11) is 0. The van der Waals surface area contributed by atoms with Crippen molar-refractivity contribution in [1.82, 2.24) is 20.4 Å². The molecule has 0 aliphatic heterocycles. The minimum Gasteiger partial charge on any atom is -0.481 e. The number of aromatic nitrogens is 4. The Kier molecular flexibility index (Phi) is 3.49. The lowest BCUT2D eigenvalue weighted by Crippen LogP contribution is -1.95. The van der Waals surface area contributed by atoms with Gasteiger partial charge in [0.05, 0.1) is 0 Å². The van der Waals surface area contributed by atoms with Crippen molar-refractivity contribution in [3.8, 4) is 11.6 Å². The van der Waals surface area contributed by atoms with Crippen LogP contribution in [0.15, 0.2) is 16.7 Å². The van der Waals surface area contributed by atoms with Crippen LogP contribution < -0.4 is 0 Å². The third kappa shape index (κ3) is 3.13. The van der Waals surface area contributed by atoms with Crippen LogP contribution in [0.25, 0.3) is 11.6 Å². The Morgan fingerprint density at radius 1 is 1.41 bits per heavy atom. The van der Waals surface area contributed by atoms with E-state index in [1.807, 2.05) is 0 Å². The van der Waals surface area contributed by atoms with Crippen molar-refractivity contribution in [2.75, 3.05) is 0 Å². The maximum Gasteiger partial charge on any atom is 0.303 e. The number of H-pyrrole nitrogens is 1. The van der Waals surface area contributed by atoms with Gasteiger partial charge in [0, 0.05) is 19.0 Å². The number of rotatable bonds is 6. The van der Waals surface area contributed by atoms with Crippen LogP contribution in [0.3, 0.4) is 0 Å². The minimum atomic E-state index is -0.784. The second-order valence-corrected chi connectivity index (χ2v) is 3.57. The van der Waals surface area contributed by atoms with Gasteiger partial charge in [-0.1, -0.05) is 0 Å². The third-order valence-electron chi connectivity index (χ3n) is 2.23. The summed E-state index contributed by atoms with van der Waals surface area (Å²) >= 11 is 0. The van der Waals surface area contributed by atoms with Gasteiger partial charge in [-0.2, -0.15) is 5.10 Å². The molecule has 0 saturated heterocycles. The summed E-state index contributed by atoms with van der Waals surface area (Å²) in [6, 6.07) is 1.74. The van der Waals surface area contributed by atoms with Gasteiger partial charge in [0.25, 0.3) is 5.89 Å². The summed E-state index contributed by atoms with van der Waals surface area (Å²) in [5.41, 5.74) is 0.675. The Hall–Kier alpha value is -2.18. The van der Waals surface area contributed by atoms with Gasteiger partial charge in [-0.25, -0.2) is 0 Å². The number of aliphatic carboxylic acids is 1. The fourth-order valence-electron chi connectivity index (χ4n) is 1.39. The normalized spacial score (nSPS) is 10.6. The van der Waals surface area contributed by atoms with E-state index >= 15 is 0 Å². The first-order chi connectivity index (χ1) is 8.25. The van der Waals surface area contributed by atoms with Crippen LogP contribution in [-0.2, 0) is 11.2 Å². The van der Waals surface area contributed by atoms with Gasteiger partial charge >= 0.3 is 5.97 Å². The van der Waals surface area contributed by atoms with Crippen LogP contribution in [-0.4, -0.2) is 31.5 Å². The molecule has 0 fully saturated rings. The molecule has 90 valence electrons. The highest BCUT2D eigenvalue weighted by atomic mass is 16.4. The standard InChI is InChI=1S/C10H12N4O3/c15-9(16)4-2-1-3-8-13-14-10(17-8)7-5-6-11-12-7/h5-6H,1-4H2,(H,11,12)(H,15,16). The molecular weight excluding hydrogens is 224 g/mol. The first-order valence-electron chi connectivity index (χ1n) is 5.29. The van der Waals surface area contributed by atoms with Crippen molar-refractivity contribution in [3.05, 3.63) is 18.2 Å². The molecule has 2 aromatic rings. The maximum absolute atomic E-state index is 10.3. The highest BCUT2D eigenvalue weighted by molar-refractivity contribution is 5.66. The molecule has 7 nitrogen and oxygen atoms in total. The van der Waals surface area contributed by atoms with E-state index in [1.54, 1.807) is 12.3 Å². The van der Waals surface area contributed by atoms with Crippen molar-refractivity contribution in [2.45, 2.75) is 25.7 Å². The maximum atomic E-state index is 10.3. The van der Waals surface area contributed by atoms with E-state index < -0.39 is 5.97 Å². The Morgan fingerprint density at radius 3 is 3.00 bits per heavy atom. The van der Waals surface area contributed by atoms with E-state index in [0.29, 0.717) is 30.3 Å². The molecule has 0 unspecified atom stereocenters. The molecule has 2 heterocycles. The molecule has 2 rings (SSSR count). The number of aromatic amines is 1. The number of hydrogen-bond acceptors (Lipinski definition) is 5. The van der Waals surface area contributed by atoms with Crippen molar-refractivity contribution in [2.24, 2.45) is 0 Å². The molecule has 17 heavy (non-hydrogen) atoms. The molecule has 0 aliphatic rings. The molecule has 2 N–H and O–H groups in total. The van der Waals surface area contributed by atoms with Gasteiger partial charge in [-0.15, -0.1) is 10.2 Å². The number of aryl methyl sites for hydroxylation is 1. The summed E-state index contributed by atoms with van der Waals surface area (Å²) in [6.45, 7) is 0. The number of carbonyl (C=O) groups is 1. The Balaban J connectivity index is 1.84. The average Bonchev–Trinajstić information content (AvgIpc) is 2.94. The topological polar surface area (TPSA) is 105 Å². The quantitative estimate of drug-likeness (QED) is 0.731. The third-order valence-corrected chi connectivity index (χ3v) is 2.23. The number of unbranched alkanes of at least 4 members (excludes halogenated alkanes) is 1. The number of nitrogens with zero attached hydrogens (tertiary/aromatic N) is 3. The van der Waals surface area contributed by atoms with E-state index in [9.17, 15) is 4.79 Å². The Labute approximate surface area is 96.9 Å². The smallest absolute Gasteiger partial charge is 0.303 e. The zero-order chi connectivity index (χ0) is 12.1. The molecule has 0 aliphatic carbocycles. The molecule has 0 amide bonds. The van der Waals surface area contributed by atoms with Crippen LogP contribution in [0.1, 0.15) is 25.2 Å². The van der Waals surface area contributed by atoms with Crippen molar-refractivity contribution < 1.29 is 14.3 Å². The number of carboxylic acids is 1. The lowest BCUT2D eigenvalue weighted by Gasteiger charge is -1.93. The van der Waals surface area contributed by atoms with E-state index in [4.69, 9.17) is 9.52 Å². The summed E-state index contributed by atoms with van der Waals surface area (Å²) < 4.78 is 5.39. The minimum absolute atomic E-state index is 0.168. The fraction of sp³-hybridized carbons (Fsp3) is 0.400. The van der Waals surface area contributed by atoms with Crippen molar-refractivity contribution in [3.63, 3.8) is 0 Å². The van der Waals surface area contributed by atoms with Gasteiger partial charge in [0.1, 0.15) is 5.69 Å². The van der Waals surface area contributed by atoms with Gasteiger partial charge in [0.2, 0.25) is 5.89 Å². The van der Waals surface area contributed by atoms with Gasteiger partial charge in [0.15, 0.2) is 0 Å². The number of carboxylic acid groups (broad SMARTS) is 1. The Morgan fingerprint density at radius 2 is 2.29 bits per heavy atom. The molecule has 0 aromatic carbocycles. The lowest BCUT2D eigenvalue weighted by atomic mass is 10.2. The zero-order valence-corrected chi connectivity index (χ0v) is 9.09. The van der Waals surface area contributed by atoms with Crippen LogP contribution >= 0.6 is 0 Å². The van der Waals surface area contributed by atoms with E-state index in [-0.39, 0.29) is 6.42 Å². The van der Waals surface area contributed by atoms with Crippen molar-refractivity contribution >= 4 is 5.97 Å². The summed E-state index contributed by atoms with van der Waals surface area (Å²) in [4.78, 5) is 10.3. The SMILES string of the molecule is O=C(O)CCCCc1nnc(-c2ccn[nH]2)o1. The number of hydrogen-bond donors (Lipinski definition) is 2. The number of nitrogens with one attached hydrogen (secondary N) is 1. The van der Waals surface area contributed by atoms with Crippen LogP contribution in [0.2, 0.25) is 0 Å². The summed E-state index contributed by atoms with van der Waals surface area (Å²) in [5, 5.41) is 22.7. The van der Waals surface area contributed by atoms with Crippen LogP contribution in [0, 0.1) is 0 Å². The monoisotopic (exact) mass is 236 g/mol. The largest absolute Gasteiger partial charge is 0.481 e. The van der Waals surface area contributed by atoms with Crippen molar-refractivity contribution in [1.29, 1.82) is 0 Å². The summed E-state index contributed by atoms with van der Waals surface area (Å²) in [5.74, 6) is 0.129. The predicted molar refractivity (Wildman–Crippen MR) is 57.1 cm³/mol. The zero-order valence-electron chi connectivity index (χ0n) is 9.09. The highest BCUT2D eigenvalue weighted by Gasteiger charge is 2.09. The fourth-order valence-corrected chi connectivity index (χ4v) is 1.39. The lowest BCUT2D eigenvalue weighted by molar-refractivity contribution is -0.137. The highest BCUT2D eigenvalue weighted by Crippen LogP contribution is 2.15. The Bertz CT molecular complexity index is 477. The molecule has 0 radical (unpaired) electrons. The molecule has 0 saturated carbocycles. The summed E-state index contributed by atoms with van der Waals surface area (Å²) in [6.07, 6.45) is 3.69. The molecule has 7 heteroatoms. The average molecular weight is 236 g/mol. The second kappa shape index (κ2) is 5.24. The van der Waals surface area contributed by atoms with Gasteiger partial charge < -0.3 is 9.52 Å². The molecule has 0 bridgehead atoms. The molecule has 0 atom stereocenters. The first-order valence-corrected chi connectivity index (χ1v) is 5.29. The van der Waals surface area contributed by atoms with Crippen LogP contribution in [0.4, 0.5) is 0 Å². The molecule has 2 aromatic heterocycles.